The Morgan fingerprint density at radius 2 is 1.58 bits per heavy atom. The number of imidazole rings is 1. The maximum absolute atomic E-state index is 13.5. The first-order chi connectivity index (χ1) is 18.4. The van der Waals surface area contributed by atoms with E-state index < -0.39 is 0 Å². The number of ketones is 1. The number of hydrogen-bond acceptors (Lipinski definition) is 4. The fourth-order valence-corrected chi connectivity index (χ4v) is 4.72. The first kappa shape index (κ1) is 23.6. The molecular formula is C31H24FN3O3. The Labute approximate surface area is 218 Å². The molecule has 6 rings (SSSR count). The van der Waals surface area contributed by atoms with Gasteiger partial charge in [0.1, 0.15) is 24.0 Å². The third kappa shape index (κ3) is 4.54. The molecule has 5 aromatic rings. The van der Waals surface area contributed by atoms with Crippen LogP contribution in [0, 0.1) is 5.82 Å². The number of nitrogens with one attached hydrogen (secondary N) is 1. The van der Waals surface area contributed by atoms with Crippen LogP contribution in [0.5, 0.6) is 5.75 Å². The van der Waals surface area contributed by atoms with Crippen molar-refractivity contribution in [1.82, 2.24) is 14.9 Å². The van der Waals surface area contributed by atoms with E-state index in [1.807, 2.05) is 36.4 Å². The number of Topliss-reactive ketones (excluding diaryl/α,β-unsaturated/α-hetero) is 1. The summed E-state index contributed by atoms with van der Waals surface area (Å²) in [7, 11) is 0. The highest BCUT2D eigenvalue weighted by Crippen LogP contribution is 2.31. The summed E-state index contributed by atoms with van der Waals surface area (Å²) in [5.41, 5.74) is 6.34. The number of aromatic amines is 1. The molecule has 6 nitrogen and oxygen atoms in total. The first-order valence-electron chi connectivity index (χ1n) is 12.4. The maximum atomic E-state index is 13.5. The van der Waals surface area contributed by atoms with Crippen molar-refractivity contribution < 1.29 is 18.7 Å². The third-order valence-corrected chi connectivity index (χ3v) is 6.80. The van der Waals surface area contributed by atoms with Crippen molar-refractivity contribution in [3.8, 4) is 28.3 Å². The van der Waals surface area contributed by atoms with Gasteiger partial charge in [0.05, 0.1) is 17.6 Å². The van der Waals surface area contributed by atoms with Crippen molar-refractivity contribution in [3.05, 3.63) is 107 Å². The standard InChI is InChI=1S/C31H24FN3O3/c1-19(36)20-2-8-23(9-3-20)31(37)35-14-15-38-29-13-10-24(16-25(29)18-35)21-4-6-22(7-5-21)30-33-27-12-11-26(32)17-28(27)34-30/h2-13,16-17H,14-15,18H2,1H3,(H,33,34). The number of hydrogen-bond donors (Lipinski definition) is 1. The predicted octanol–water partition coefficient (Wildman–Crippen LogP) is 6.27. The van der Waals surface area contributed by atoms with Gasteiger partial charge in [-0.25, -0.2) is 9.37 Å². The molecule has 188 valence electrons. The quantitative estimate of drug-likeness (QED) is 0.292. The fourth-order valence-electron chi connectivity index (χ4n) is 4.72. The molecule has 2 heterocycles. The van der Waals surface area contributed by atoms with E-state index in [0.717, 1.165) is 28.0 Å². The van der Waals surface area contributed by atoms with Gasteiger partial charge in [0, 0.05) is 28.8 Å². The molecule has 0 saturated carbocycles. The lowest BCUT2D eigenvalue weighted by Crippen LogP contribution is -2.32. The highest BCUT2D eigenvalue weighted by Gasteiger charge is 2.22. The molecule has 0 saturated heterocycles. The number of halogens is 1. The maximum Gasteiger partial charge on any atom is 0.254 e. The number of rotatable bonds is 4. The second-order valence-corrected chi connectivity index (χ2v) is 9.36. The summed E-state index contributed by atoms with van der Waals surface area (Å²) < 4.78 is 19.5. The summed E-state index contributed by atoms with van der Waals surface area (Å²) >= 11 is 0. The molecule has 4 aromatic carbocycles. The molecular weight excluding hydrogens is 481 g/mol. The average Bonchev–Trinajstić information content (AvgIpc) is 3.24. The minimum atomic E-state index is -0.304. The Hall–Kier alpha value is -4.78. The van der Waals surface area contributed by atoms with Crippen LogP contribution in [0.3, 0.4) is 0 Å². The van der Waals surface area contributed by atoms with E-state index in [-0.39, 0.29) is 17.5 Å². The number of carbonyl (C=O) groups is 2. The zero-order valence-electron chi connectivity index (χ0n) is 20.7. The molecule has 0 fully saturated rings. The molecule has 7 heteroatoms. The molecule has 0 atom stereocenters. The SMILES string of the molecule is CC(=O)c1ccc(C(=O)N2CCOc3ccc(-c4ccc(-c5nc6ccc(F)cc6[nH]5)cc4)cc3C2)cc1. The van der Waals surface area contributed by atoms with Gasteiger partial charge < -0.3 is 14.6 Å². The molecule has 0 bridgehead atoms. The van der Waals surface area contributed by atoms with Gasteiger partial charge in [-0.15, -0.1) is 0 Å². The summed E-state index contributed by atoms with van der Waals surface area (Å²) in [4.78, 5) is 34.3. The number of benzene rings is 4. The number of amides is 1. The molecule has 38 heavy (non-hydrogen) atoms. The fraction of sp³-hybridized carbons (Fsp3) is 0.129. The molecule has 1 aliphatic heterocycles. The van der Waals surface area contributed by atoms with E-state index in [2.05, 4.69) is 16.0 Å². The van der Waals surface area contributed by atoms with E-state index in [1.54, 1.807) is 35.2 Å². The van der Waals surface area contributed by atoms with Crippen molar-refractivity contribution in [1.29, 1.82) is 0 Å². The lowest BCUT2D eigenvalue weighted by atomic mass is 10.0. The number of carbonyl (C=O) groups excluding carboxylic acids is 2. The monoisotopic (exact) mass is 505 g/mol. The first-order valence-corrected chi connectivity index (χ1v) is 12.4. The van der Waals surface area contributed by atoms with Gasteiger partial charge in [0.15, 0.2) is 5.78 Å². The van der Waals surface area contributed by atoms with E-state index >= 15 is 0 Å². The van der Waals surface area contributed by atoms with Crippen molar-refractivity contribution in [3.63, 3.8) is 0 Å². The number of aromatic nitrogens is 2. The zero-order valence-corrected chi connectivity index (χ0v) is 20.7. The molecule has 1 aromatic heterocycles. The van der Waals surface area contributed by atoms with Crippen LogP contribution in [0.2, 0.25) is 0 Å². The second-order valence-electron chi connectivity index (χ2n) is 9.36. The Bertz CT molecular complexity index is 1670. The van der Waals surface area contributed by atoms with Gasteiger partial charge in [0.2, 0.25) is 0 Å². The van der Waals surface area contributed by atoms with Gasteiger partial charge in [0.25, 0.3) is 5.91 Å². The Balaban J connectivity index is 1.24. The van der Waals surface area contributed by atoms with Gasteiger partial charge in [-0.3, -0.25) is 9.59 Å². The molecule has 1 amide bonds. The van der Waals surface area contributed by atoms with Crippen LogP contribution in [0.15, 0.2) is 84.9 Å². The third-order valence-electron chi connectivity index (χ3n) is 6.80. The summed E-state index contributed by atoms with van der Waals surface area (Å²) in [6, 6.07) is 25.3. The summed E-state index contributed by atoms with van der Waals surface area (Å²) in [5, 5.41) is 0. The Morgan fingerprint density at radius 1 is 0.868 bits per heavy atom. The highest BCUT2D eigenvalue weighted by molar-refractivity contribution is 5.97. The van der Waals surface area contributed by atoms with Crippen molar-refractivity contribution >= 4 is 22.7 Å². The van der Waals surface area contributed by atoms with Crippen molar-refractivity contribution in [2.24, 2.45) is 0 Å². The Morgan fingerprint density at radius 3 is 2.34 bits per heavy atom. The average molecular weight is 506 g/mol. The van der Waals surface area contributed by atoms with E-state index in [4.69, 9.17) is 4.74 Å². The Kier molecular flexibility index (Phi) is 5.96. The van der Waals surface area contributed by atoms with Crippen LogP contribution >= 0.6 is 0 Å². The van der Waals surface area contributed by atoms with Gasteiger partial charge >= 0.3 is 0 Å². The van der Waals surface area contributed by atoms with Crippen LogP contribution in [0.25, 0.3) is 33.5 Å². The predicted molar refractivity (Wildman–Crippen MR) is 144 cm³/mol. The number of fused-ring (bicyclic) bond motifs is 2. The van der Waals surface area contributed by atoms with Crippen LogP contribution in [0.1, 0.15) is 33.2 Å². The van der Waals surface area contributed by atoms with Crippen LogP contribution in [-0.2, 0) is 6.54 Å². The lowest BCUT2D eigenvalue weighted by Gasteiger charge is -2.20. The number of H-pyrrole nitrogens is 1. The van der Waals surface area contributed by atoms with E-state index in [1.165, 1.54) is 19.1 Å². The van der Waals surface area contributed by atoms with Crippen LogP contribution < -0.4 is 4.74 Å². The normalized spacial score (nSPS) is 13.1. The van der Waals surface area contributed by atoms with Crippen LogP contribution in [-0.4, -0.2) is 39.7 Å². The second kappa shape index (κ2) is 9.59. The van der Waals surface area contributed by atoms with Crippen molar-refractivity contribution in [2.75, 3.05) is 13.2 Å². The van der Waals surface area contributed by atoms with Crippen molar-refractivity contribution in [2.45, 2.75) is 13.5 Å². The molecule has 0 aliphatic carbocycles. The molecule has 0 radical (unpaired) electrons. The van der Waals surface area contributed by atoms with Crippen LogP contribution in [0.4, 0.5) is 4.39 Å². The lowest BCUT2D eigenvalue weighted by molar-refractivity contribution is 0.0733. The number of nitrogens with zero attached hydrogens (tertiary/aromatic N) is 2. The van der Waals surface area contributed by atoms with Gasteiger partial charge in [-0.2, -0.15) is 0 Å². The molecule has 0 unspecified atom stereocenters. The van der Waals surface area contributed by atoms with Gasteiger partial charge in [-0.05, 0) is 60.5 Å². The molecule has 1 N–H and O–H groups in total. The van der Waals surface area contributed by atoms with E-state index in [0.29, 0.717) is 47.7 Å². The summed E-state index contributed by atoms with van der Waals surface area (Å²) in [5.74, 6) is 1.01. The minimum Gasteiger partial charge on any atom is -0.491 e. The topological polar surface area (TPSA) is 75.3 Å². The molecule has 1 aliphatic rings. The largest absolute Gasteiger partial charge is 0.491 e. The highest BCUT2D eigenvalue weighted by atomic mass is 19.1. The number of ether oxygens (including phenoxy) is 1. The van der Waals surface area contributed by atoms with E-state index in [9.17, 15) is 14.0 Å². The van der Waals surface area contributed by atoms with Gasteiger partial charge in [-0.1, -0.05) is 42.5 Å². The summed E-state index contributed by atoms with van der Waals surface area (Å²) in [6.07, 6.45) is 0. The molecule has 0 spiro atoms. The smallest absolute Gasteiger partial charge is 0.254 e. The summed E-state index contributed by atoms with van der Waals surface area (Å²) in [6.45, 7) is 2.80. The zero-order chi connectivity index (χ0) is 26.2. The minimum absolute atomic E-state index is 0.0327.